The number of aryl methyl sites for hydroxylation is 1. The van der Waals surface area contributed by atoms with Crippen LogP contribution in [0.3, 0.4) is 0 Å². The minimum atomic E-state index is 0.345. The first-order chi connectivity index (χ1) is 7.58. The zero-order valence-corrected chi connectivity index (χ0v) is 10.3. The van der Waals surface area contributed by atoms with E-state index < -0.39 is 0 Å². The van der Waals surface area contributed by atoms with Crippen molar-refractivity contribution in [3.8, 4) is 0 Å². The van der Waals surface area contributed by atoms with Crippen molar-refractivity contribution in [2.24, 2.45) is 0 Å². The standard InChI is InChI=1S/C12H14ClN3/c1-7(2)15-10-5-4-9-6-14-8(3)16-12(9)11(10)13/h4-7,15H,1-3H3. The van der Waals surface area contributed by atoms with Gasteiger partial charge in [-0.2, -0.15) is 0 Å². The Morgan fingerprint density at radius 2 is 2.06 bits per heavy atom. The number of benzene rings is 1. The molecular formula is C12H14ClN3. The van der Waals surface area contributed by atoms with Crippen LogP contribution in [0.25, 0.3) is 10.9 Å². The molecule has 0 atom stereocenters. The third-order valence-electron chi connectivity index (χ3n) is 2.26. The Kier molecular flexibility index (Phi) is 2.97. The second-order valence-corrected chi connectivity index (χ2v) is 4.46. The van der Waals surface area contributed by atoms with Crippen molar-refractivity contribution in [1.82, 2.24) is 9.97 Å². The fraction of sp³-hybridized carbons (Fsp3) is 0.333. The minimum Gasteiger partial charge on any atom is -0.382 e. The summed E-state index contributed by atoms with van der Waals surface area (Å²) < 4.78 is 0. The lowest BCUT2D eigenvalue weighted by molar-refractivity contribution is 0.900. The van der Waals surface area contributed by atoms with E-state index in [9.17, 15) is 0 Å². The van der Waals surface area contributed by atoms with Gasteiger partial charge in [0.05, 0.1) is 16.2 Å². The molecule has 0 saturated carbocycles. The lowest BCUT2D eigenvalue weighted by Crippen LogP contribution is -2.10. The second-order valence-electron chi connectivity index (χ2n) is 4.08. The summed E-state index contributed by atoms with van der Waals surface area (Å²) in [5.41, 5.74) is 1.72. The summed E-state index contributed by atoms with van der Waals surface area (Å²) in [5, 5.41) is 4.92. The van der Waals surface area contributed by atoms with E-state index >= 15 is 0 Å². The lowest BCUT2D eigenvalue weighted by atomic mass is 10.2. The molecule has 0 aliphatic carbocycles. The fourth-order valence-corrected chi connectivity index (χ4v) is 1.84. The highest BCUT2D eigenvalue weighted by Crippen LogP contribution is 2.29. The van der Waals surface area contributed by atoms with Crippen molar-refractivity contribution in [2.75, 3.05) is 5.32 Å². The Morgan fingerprint density at radius 3 is 2.75 bits per heavy atom. The molecule has 1 N–H and O–H groups in total. The number of aromatic nitrogens is 2. The topological polar surface area (TPSA) is 37.8 Å². The minimum absolute atomic E-state index is 0.345. The summed E-state index contributed by atoms with van der Waals surface area (Å²) in [6, 6.07) is 4.28. The fourth-order valence-electron chi connectivity index (χ4n) is 1.57. The number of fused-ring (bicyclic) bond motifs is 1. The molecule has 0 unspecified atom stereocenters. The van der Waals surface area contributed by atoms with Crippen molar-refractivity contribution in [3.63, 3.8) is 0 Å². The van der Waals surface area contributed by atoms with Crippen LogP contribution >= 0.6 is 11.6 Å². The van der Waals surface area contributed by atoms with Crippen molar-refractivity contribution in [2.45, 2.75) is 26.8 Å². The Bertz CT molecular complexity index is 523. The molecule has 2 rings (SSSR count). The normalized spacial score (nSPS) is 11.1. The molecule has 2 aromatic rings. The van der Waals surface area contributed by atoms with E-state index in [-0.39, 0.29) is 0 Å². The third kappa shape index (κ3) is 2.09. The van der Waals surface area contributed by atoms with Crippen LogP contribution < -0.4 is 5.32 Å². The number of nitrogens with zero attached hydrogens (tertiary/aromatic N) is 2. The van der Waals surface area contributed by atoms with Crippen LogP contribution in [0.5, 0.6) is 0 Å². The van der Waals surface area contributed by atoms with E-state index in [1.54, 1.807) is 6.20 Å². The van der Waals surface area contributed by atoms with E-state index in [2.05, 4.69) is 29.1 Å². The van der Waals surface area contributed by atoms with Gasteiger partial charge < -0.3 is 5.32 Å². The predicted molar refractivity (Wildman–Crippen MR) is 68.0 cm³/mol. The molecule has 0 bridgehead atoms. The molecule has 16 heavy (non-hydrogen) atoms. The van der Waals surface area contributed by atoms with Crippen molar-refractivity contribution < 1.29 is 0 Å². The van der Waals surface area contributed by atoms with Gasteiger partial charge in [-0.1, -0.05) is 11.6 Å². The predicted octanol–water partition coefficient (Wildman–Crippen LogP) is 3.41. The number of hydrogen-bond donors (Lipinski definition) is 1. The van der Waals surface area contributed by atoms with Gasteiger partial charge in [0.1, 0.15) is 5.82 Å². The van der Waals surface area contributed by atoms with Gasteiger partial charge in [0, 0.05) is 17.6 Å². The largest absolute Gasteiger partial charge is 0.382 e. The first kappa shape index (κ1) is 11.1. The van der Waals surface area contributed by atoms with Gasteiger partial charge in [-0.25, -0.2) is 9.97 Å². The maximum Gasteiger partial charge on any atom is 0.125 e. The molecule has 1 heterocycles. The zero-order valence-electron chi connectivity index (χ0n) is 9.58. The quantitative estimate of drug-likeness (QED) is 0.867. The van der Waals surface area contributed by atoms with Crippen molar-refractivity contribution >= 4 is 28.2 Å². The first-order valence-electron chi connectivity index (χ1n) is 5.26. The molecule has 1 aromatic heterocycles. The van der Waals surface area contributed by atoms with Gasteiger partial charge in [-0.15, -0.1) is 0 Å². The monoisotopic (exact) mass is 235 g/mol. The van der Waals surface area contributed by atoms with Gasteiger partial charge in [-0.3, -0.25) is 0 Å². The van der Waals surface area contributed by atoms with E-state index in [0.29, 0.717) is 11.1 Å². The molecule has 0 amide bonds. The van der Waals surface area contributed by atoms with Crippen LogP contribution in [-0.4, -0.2) is 16.0 Å². The summed E-state index contributed by atoms with van der Waals surface area (Å²) in [5.74, 6) is 0.732. The summed E-state index contributed by atoms with van der Waals surface area (Å²) in [6.45, 7) is 6.01. The average molecular weight is 236 g/mol. The summed E-state index contributed by atoms with van der Waals surface area (Å²) in [6.07, 6.45) is 1.79. The number of nitrogens with one attached hydrogen (secondary N) is 1. The zero-order chi connectivity index (χ0) is 11.7. The maximum absolute atomic E-state index is 6.30. The van der Waals surface area contributed by atoms with E-state index in [1.165, 1.54) is 0 Å². The van der Waals surface area contributed by atoms with Crippen LogP contribution in [0.4, 0.5) is 5.69 Å². The molecule has 0 spiro atoms. The molecule has 0 fully saturated rings. The second kappa shape index (κ2) is 4.26. The molecule has 84 valence electrons. The van der Waals surface area contributed by atoms with Gasteiger partial charge in [0.15, 0.2) is 0 Å². The van der Waals surface area contributed by atoms with Gasteiger partial charge in [0.25, 0.3) is 0 Å². The van der Waals surface area contributed by atoms with Crippen LogP contribution in [0, 0.1) is 6.92 Å². The van der Waals surface area contributed by atoms with Gasteiger partial charge in [-0.05, 0) is 32.9 Å². The number of halogens is 1. The highest BCUT2D eigenvalue weighted by atomic mass is 35.5. The molecule has 0 aliphatic heterocycles. The van der Waals surface area contributed by atoms with Crippen LogP contribution in [0.2, 0.25) is 5.02 Å². The summed E-state index contributed by atoms with van der Waals surface area (Å²) >= 11 is 6.30. The number of hydrogen-bond acceptors (Lipinski definition) is 3. The maximum atomic E-state index is 6.30. The van der Waals surface area contributed by atoms with Crippen LogP contribution in [0.1, 0.15) is 19.7 Å². The van der Waals surface area contributed by atoms with Crippen molar-refractivity contribution in [3.05, 3.63) is 29.2 Å². The van der Waals surface area contributed by atoms with E-state index in [4.69, 9.17) is 11.6 Å². The molecule has 4 heteroatoms. The SMILES string of the molecule is Cc1ncc2ccc(NC(C)C)c(Cl)c2n1. The van der Waals surface area contributed by atoms with E-state index in [0.717, 1.165) is 22.4 Å². The highest BCUT2D eigenvalue weighted by Gasteiger charge is 2.08. The molecule has 1 aromatic carbocycles. The Balaban J connectivity index is 2.58. The molecule has 0 radical (unpaired) electrons. The Morgan fingerprint density at radius 1 is 1.31 bits per heavy atom. The van der Waals surface area contributed by atoms with Gasteiger partial charge >= 0.3 is 0 Å². The molecule has 0 saturated heterocycles. The van der Waals surface area contributed by atoms with Gasteiger partial charge in [0.2, 0.25) is 0 Å². The van der Waals surface area contributed by atoms with E-state index in [1.807, 2.05) is 19.1 Å². The number of anilines is 1. The summed E-state index contributed by atoms with van der Waals surface area (Å²) in [7, 11) is 0. The van der Waals surface area contributed by atoms with Crippen molar-refractivity contribution in [1.29, 1.82) is 0 Å². The van der Waals surface area contributed by atoms with Crippen LogP contribution in [-0.2, 0) is 0 Å². The summed E-state index contributed by atoms with van der Waals surface area (Å²) in [4.78, 5) is 8.51. The average Bonchev–Trinajstić information content (AvgIpc) is 2.22. The number of rotatable bonds is 2. The van der Waals surface area contributed by atoms with Crippen LogP contribution in [0.15, 0.2) is 18.3 Å². The Labute approximate surface area is 99.9 Å². The molecule has 0 aliphatic rings. The smallest absolute Gasteiger partial charge is 0.125 e. The highest BCUT2D eigenvalue weighted by molar-refractivity contribution is 6.37. The third-order valence-corrected chi connectivity index (χ3v) is 2.64. The lowest BCUT2D eigenvalue weighted by Gasteiger charge is -2.12. The first-order valence-corrected chi connectivity index (χ1v) is 5.64. The Hall–Kier alpha value is -1.35. The molecular weight excluding hydrogens is 222 g/mol. The molecule has 3 nitrogen and oxygen atoms in total.